The minimum absolute atomic E-state index is 0.0482. The Morgan fingerprint density at radius 1 is 1.26 bits per heavy atom. The molecule has 0 saturated carbocycles. The fourth-order valence-electron chi connectivity index (χ4n) is 3.58. The molecule has 1 aromatic carbocycles. The fourth-order valence-corrected chi connectivity index (χ4v) is 4.74. The largest absolute Gasteiger partial charge is 0.494 e. The molecule has 3 aromatic rings. The van der Waals surface area contributed by atoms with Crippen molar-refractivity contribution >= 4 is 16.3 Å². The van der Waals surface area contributed by atoms with Gasteiger partial charge in [0.2, 0.25) is 10.8 Å². The molecule has 1 fully saturated rings. The third-order valence-electron chi connectivity index (χ3n) is 4.94. The summed E-state index contributed by atoms with van der Waals surface area (Å²) in [6, 6.07) is 8.12. The molecule has 1 saturated heterocycles. The number of fused-ring (bicyclic) bond motifs is 1. The number of thiazole rings is 1. The third kappa shape index (κ3) is 3.52. The van der Waals surface area contributed by atoms with Crippen LogP contribution >= 0.6 is 11.3 Å². The summed E-state index contributed by atoms with van der Waals surface area (Å²) in [6.07, 6.45) is 0. The average molecular weight is 388 g/mol. The van der Waals surface area contributed by atoms with E-state index in [1.54, 1.807) is 4.52 Å². The molecule has 4 rings (SSSR count). The first-order valence-corrected chi connectivity index (χ1v) is 10.1. The van der Waals surface area contributed by atoms with E-state index in [0.717, 1.165) is 47.3 Å². The van der Waals surface area contributed by atoms with Gasteiger partial charge in [-0.3, -0.25) is 4.90 Å². The van der Waals surface area contributed by atoms with Gasteiger partial charge in [-0.15, -0.1) is 5.10 Å². The number of nitrogens with zero attached hydrogens (tertiary/aromatic N) is 5. The highest BCUT2D eigenvalue weighted by atomic mass is 32.1. The Kier molecular flexibility index (Phi) is 5.03. The number of piperazine rings is 1. The lowest BCUT2D eigenvalue weighted by Gasteiger charge is -2.37. The Labute approximate surface area is 162 Å². The van der Waals surface area contributed by atoms with Crippen LogP contribution in [0.3, 0.4) is 0 Å². The highest BCUT2D eigenvalue weighted by molar-refractivity contribution is 7.17. The summed E-state index contributed by atoms with van der Waals surface area (Å²) >= 11 is 1.50. The molecule has 27 heavy (non-hydrogen) atoms. The van der Waals surface area contributed by atoms with E-state index in [0.29, 0.717) is 12.4 Å². The number of rotatable bonds is 5. The first kappa shape index (κ1) is 18.2. The predicted molar refractivity (Wildman–Crippen MR) is 106 cm³/mol. The molecule has 0 radical (unpaired) electrons. The molecule has 2 aromatic heterocycles. The summed E-state index contributed by atoms with van der Waals surface area (Å²) in [6.45, 7) is 8.33. The molecule has 7 nitrogen and oxygen atoms in total. The first-order chi connectivity index (χ1) is 13.1. The maximum Gasteiger partial charge on any atom is 0.230 e. The Morgan fingerprint density at radius 3 is 2.74 bits per heavy atom. The van der Waals surface area contributed by atoms with Crippen LogP contribution in [0.1, 0.15) is 29.2 Å². The summed E-state index contributed by atoms with van der Waals surface area (Å²) in [5.41, 5.74) is 1.11. The van der Waals surface area contributed by atoms with Crippen LogP contribution < -0.4 is 4.74 Å². The van der Waals surface area contributed by atoms with Crippen LogP contribution in [0.2, 0.25) is 0 Å². The van der Waals surface area contributed by atoms with Gasteiger partial charge < -0.3 is 14.7 Å². The van der Waals surface area contributed by atoms with Gasteiger partial charge >= 0.3 is 0 Å². The van der Waals surface area contributed by atoms with Crippen molar-refractivity contribution in [2.24, 2.45) is 0 Å². The minimum Gasteiger partial charge on any atom is -0.494 e. The Hall–Kier alpha value is -2.16. The number of aromatic nitrogens is 3. The van der Waals surface area contributed by atoms with Crippen molar-refractivity contribution < 1.29 is 9.84 Å². The highest BCUT2D eigenvalue weighted by Crippen LogP contribution is 2.40. The molecule has 0 amide bonds. The van der Waals surface area contributed by atoms with Crippen molar-refractivity contribution in [3.8, 4) is 11.6 Å². The molecular formula is C19H25N5O2S. The Morgan fingerprint density at radius 2 is 2.04 bits per heavy atom. The predicted octanol–water partition coefficient (Wildman–Crippen LogP) is 2.54. The average Bonchev–Trinajstić information content (AvgIpc) is 3.15. The van der Waals surface area contributed by atoms with Gasteiger partial charge in [0, 0.05) is 26.2 Å². The van der Waals surface area contributed by atoms with Crippen LogP contribution in [0.15, 0.2) is 24.3 Å². The van der Waals surface area contributed by atoms with Gasteiger partial charge in [0.25, 0.3) is 0 Å². The quantitative estimate of drug-likeness (QED) is 0.726. The third-order valence-corrected chi connectivity index (χ3v) is 6.01. The maximum absolute atomic E-state index is 10.9. The number of aromatic hydroxyl groups is 1. The van der Waals surface area contributed by atoms with Crippen LogP contribution in [0.25, 0.3) is 4.96 Å². The monoisotopic (exact) mass is 387 g/mol. The molecule has 1 aliphatic rings. The molecule has 1 aliphatic heterocycles. The summed E-state index contributed by atoms with van der Waals surface area (Å²) in [5.74, 6) is 1.70. The van der Waals surface area contributed by atoms with Crippen LogP contribution in [-0.4, -0.2) is 69.3 Å². The van der Waals surface area contributed by atoms with Crippen molar-refractivity contribution in [2.75, 3.05) is 39.8 Å². The molecule has 0 spiro atoms. The van der Waals surface area contributed by atoms with Gasteiger partial charge in [-0.2, -0.15) is 4.52 Å². The number of hydrogen-bond acceptors (Lipinski definition) is 7. The zero-order chi connectivity index (χ0) is 19.0. The molecule has 1 unspecified atom stereocenters. The van der Waals surface area contributed by atoms with Crippen LogP contribution in [0, 0.1) is 6.92 Å². The minimum atomic E-state index is -0.0482. The van der Waals surface area contributed by atoms with E-state index < -0.39 is 0 Å². The highest BCUT2D eigenvalue weighted by Gasteiger charge is 2.31. The maximum atomic E-state index is 10.9. The number of hydrogen-bond donors (Lipinski definition) is 1. The van der Waals surface area contributed by atoms with E-state index in [1.807, 2.05) is 26.0 Å². The second kappa shape index (κ2) is 7.46. The lowest BCUT2D eigenvalue weighted by atomic mass is 10.0. The number of aryl methyl sites for hydroxylation is 1. The topological polar surface area (TPSA) is 66.1 Å². The van der Waals surface area contributed by atoms with Gasteiger partial charge in [0.15, 0.2) is 0 Å². The molecule has 1 N–H and O–H groups in total. The zero-order valence-corrected chi connectivity index (χ0v) is 16.7. The summed E-state index contributed by atoms with van der Waals surface area (Å²) in [5, 5.41) is 15.2. The zero-order valence-electron chi connectivity index (χ0n) is 15.9. The van der Waals surface area contributed by atoms with Crippen molar-refractivity contribution in [2.45, 2.75) is 19.9 Å². The molecule has 0 bridgehead atoms. The van der Waals surface area contributed by atoms with Crippen LogP contribution in [0.5, 0.6) is 11.6 Å². The van der Waals surface area contributed by atoms with Gasteiger partial charge in [0.05, 0.1) is 17.5 Å². The second-order valence-electron chi connectivity index (χ2n) is 6.89. The lowest BCUT2D eigenvalue weighted by Crippen LogP contribution is -2.46. The van der Waals surface area contributed by atoms with Crippen molar-refractivity contribution in [3.63, 3.8) is 0 Å². The molecule has 0 aliphatic carbocycles. The van der Waals surface area contributed by atoms with E-state index in [2.05, 4.69) is 39.1 Å². The molecule has 1 atom stereocenters. The van der Waals surface area contributed by atoms with Gasteiger partial charge in [0.1, 0.15) is 11.6 Å². The van der Waals surface area contributed by atoms with E-state index >= 15 is 0 Å². The normalized spacial score (nSPS) is 17.4. The standard InChI is InChI=1S/C19H25N5O2S/c1-4-26-15-7-5-6-14(12-15)16(23-10-8-22(3)9-11-23)17-18(25)24-19(27-17)20-13(2)21-24/h5-7,12,16,25H,4,8-11H2,1-3H3. The second-order valence-corrected chi connectivity index (χ2v) is 7.90. The van der Waals surface area contributed by atoms with Gasteiger partial charge in [-0.1, -0.05) is 23.5 Å². The van der Waals surface area contributed by atoms with E-state index in [9.17, 15) is 5.11 Å². The van der Waals surface area contributed by atoms with Crippen LogP contribution in [-0.2, 0) is 0 Å². The summed E-state index contributed by atoms with van der Waals surface area (Å²) in [4.78, 5) is 10.8. The number of benzene rings is 1. The Bertz CT molecular complexity index is 929. The van der Waals surface area contributed by atoms with Gasteiger partial charge in [-0.05, 0) is 38.6 Å². The number of ether oxygens (including phenoxy) is 1. The summed E-state index contributed by atoms with van der Waals surface area (Å²) in [7, 11) is 2.14. The van der Waals surface area contributed by atoms with Crippen molar-refractivity contribution in [1.82, 2.24) is 24.4 Å². The smallest absolute Gasteiger partial charge is 0.230 e. The van der Waals surface area contributed by atoms with E-state index in [4.69, 9.17) is 4.74 Å². The fraction of sp³-hybridized carbons (Fsp3) is 0.474. The Balaban J connectivity index is 1.78. The summed E-state index contributed by atoms with van der Waals surface area (Å²) < 4.78 is 7.26. The van der Waals surface area contributed by atoms with Gasteiger partial charge in [-0.25, -0.2) is 4.98 Å². The molecular weight excluding hydrogens is 362 g/mol. The first-order valence-electron chi connectivity index (χ1n) is 9.27. The lowest BCUT2D eigenvalue weighted by molar-refractivity contribution is 0.127. The van der Waals surface area contributed by atoms with Crippen molar-refractivity contribution in [1.29, 1.82) is 0 Å². The molecule has 3 heterocycles. The van der Waals surface area contributed by atoms with Crippen molar-refractivity contribution in [3.05, 3.63) is 40.5 Å². The molecule has 8 heteroatoms. The SMILES string of the molecule is CCOc1cccc(C(c2sc3nc(C)nn3c2O)N2CCN(C)CC2)c1. The van der Waals surface area contributed by atoms with Crippen LogP contribution in [0.4, 0.5) is 0 Å². The van der Waals surface area contributed by atoms with E-state index in [-0.39, 0.29) is 11.9 Å². The number of likely N-dealkylation sites (N-methyl/N-ethyl adjacent to an activating group) is 1. The van der Waals surface area contributed by atoms with E-state index in [1.165, 1.54) is 11.3 Å². The molecule has 144 valence electrons.